The Balaban J connectivity index is 1.95. The highest BCUT2D eigenvalue weighted by atomic mass is 79.9. The van der Waals surface area contributed by atoms with E-state index >= 15 is 0 Å². The molecule has 110 valence electrons. The van der Waals surface area contributed by atoms with Gasteiger partial charge in [0.1, 0.15) is 0 Å². The number of anilines is 1. The first-order chi connectivity index (χ1) is 9.47. The molecule has 0 saturated carbocycles. The van der Waals surface area contributed by atoms with Crippen molar-refractivity contribution in [1.82, 2.24) is 4.90 Å². The summed E-state index contributed by atoms with van der Waals surface area (Å²) < 4.78 is 0.899. The molecule has 0 aliphatic carbocycles. The van der Waals surface area contributed by atoms with Crippen molar-refractivity contribution < 1.29 is 4.79 Å². The summed E-state index contributed by atoms with van der Waals surface area (Å²) in [6.45, 7) is 5.76. The van der Waals surface area contributed by atoms with Crippen LogP contribution in [0.4, 0.5) is 5.69 Å². The molecule has 1 N–H and O–H groups in total. The van der Waals surface area contributed by atoms with Crippen molar-refractivity contribution in [3.8, 4) is 0 Å². The predicted octanol–water partition coefficient (Wildman–Crippen LogP) is 3.87. The first kappa shape index (κ1) is 16.1. The Labute approximate surface area is 137 Å². The molecule has 1 aromatic carbocycles. The van der Waals surface area contributed by atoms with Crippen LogP contribution in [0.15, 0.2) is 22.7 Å². The van der Waals surface area contributed by atoms with Gasteiger partial charge in [-0.3, -0.25) is 9.69 Å². The van der Waals surface area contributed by atoms with Crippen LogP contribution >= 0.6 is 39.3 Å². The molecule has 0 bridgehead atoms. The first-order valence-corrected chi connectivity index (χ1v) is 8.80. The maximum absolute atomic E-state index is 12.1. The SMILES string of the molecule is CC1SCCN(CC(=O)Nc2ccc(Br)cc2Cl)C1C. The number of nitrogens with zero attached hydrogens (tertiary/aromatic N) is 1. The Hall–Kier alpha value is -0.230. The van der Waals surface area contributed by atoms with Crippen LogP contribution in [0.2, 0.25) is 5.02 Å². The van der Waals surface area contributed by atoms with Gasteiger partial charge in [-0.05, 0) is 25.1 Å². The topological polar surface area (TPSA) is 32.3 Å². The van der Waals surface area contributed by atoms with Crippen LogP contribution in [0.3, 0.4) is 0 Å². The number of hydrogen-bond acceptors (Lipinski definition) is 3. The molecular weight excluding hydrogens is 360 g/mol. The van der Waals surface area contributed by atoms with Gasteiger partial charge in [-0.2, -0.15) is 11.8 Å². The van der Waals surface area contributed by atoms with E-state index in [0.29, 0.717) is 28.5 Å². The molecule has 2 atom stereocenters. The number of carbonyl (C=O) groups excluding carboxylic acids is 1. The average Bonchev–Trinajstić information content (AvgIpc) is 2.38. The van der Waals surface area contributed by atoms with Gasteiger partial charge in [-0.15, -0.1) is 0 Å². The fraction of sp³-hybridized carbons (Fsp3) is 0.500. The quantitative estimate of drug-likeness (QED) is 0.868. The third-order valence-corrected chi connectivity index (χ3v) is 5.71. The van der Waals surface area contributed by atoms with E-state index in [4.69, 9.17) is 11.6 Å². The molecule has 20 heavy (non-hydrogen) atoms. The first-order valence-electron chi connectivity index (χ1n) is 6.58. The van der Waals surface area contributed by atoms with Gasteiger partial charge in [0.25, 0.3) is 0 Å². The minimum absolute atomic E-state index is 0.0137. The van der Waals surface area contributed by atoms with E-state index in [-0.39, 0.29) is 5.91 Å². The van der Waals surface area contributed by atoms with Crippen molar-refractivity contribution >= 4 is 50.9 Å². The normalized spacial score (nSPS) is 23.6. The number of benzene rings is 1. The zero-order chi connectivity index (χ0) is 14.7. The molecule has 0 aromatic heterocycles. The molecule has 2 unspecified atom stereocenters. The fourth-order valence-electron chi connectivity index (χ4n) is 2.18. The van der Waals surface area contributed by atoms with Gasteiger partial charge < -0.3 is 5.32 Å². The smallest absolute Gasteiger partial charge is 0.238 e. The molecule has 1 aliphatic heterocycles. The van der Waals surface area contributed by atoms with Gasteiger partial charge in [0.2, 0.25) is 5.91 Å². The van der Waals surface area contributed by atoms with Crippen LogP contribution in [0.5, 0.6) is 0 Å². The van der Waals surface area contributed by atoms with Crippen LogP contribution in [-0.4, -0.2) is 40.9 Å². The van der Waals surface area contributed by atoms with E-state index < -0.39 is 0 Å². The number of thioether (sulfide) groups is 1. The minimum atomic E-state index is -0.0137. The number of nitrogens with one attached hydrogen (secondary N) is 1. The van der Waals surface area contributed by atoms with Crippen LogP contribution in [0, 0.1) is 0 Å². The fourth-order valence-corrected chi connectivity index (χ4v) is 4.07. The van der Waals surface area contributed by atoms with Crippen molar-refractivity contribution in [2.24, 2.45) is 0 Å². The average molecular weight is 378 g/mol. The lowest BCUT2D eigenvalue weighted by Gasteiger charge is -2.36. The van der Waals surface area contributed by atoms with Crippen LogP contribution in [0.1, 0.15) is 13.8 Å². The molecule has 6 heteroatoms. The third kappa shape index (κ3) is 4.13. The minimum Gasteiger partial charge on any atom is -0.324 e. The summed E-state index contributed by atoms with van der Waals surface area (Å²) in [6.07, 6.45) is 0. The molecule has 1 amide bonds. The molecular formula is C14H18BrClN2OS. The van der Waals surface area contributed by atoms with Crippen LogP contribution in [-0.2, 0) is 4.79 Å². The van der Waals surface area contributed by atoms with Gasteiger partial charge in [-0.1, -0.05) is 34.5 Å². The number of halogens is 2. The van der Waals surface area contributed by atoms with Gasteiger partial charge in [-0.25, -0.2) is 0 Å². The zero-order valence-corrected chi connectivity index (χ0v) is 14.7. The summed E-state index contributed by atoms with van der Waals surface area (Å²) in [5, 5.41) is 3.99. The Bertz CT molecular complexity index is 500. The van der Waals surface area contributed by atoms with Gasteiger partial charge >= 0.3 is 0 Å². The van der Waals surface area contributed by atoms with Gasteiger partial charge in [0.15, 0.2) is 0 Å². The van der Waals surface area contributed by atoms with Crippen LogP contribution < -0.4 is 5.32 Å². The number of amides is 1. The molecule has 1 aromatic rings. The van der Waals surface area contributed by atoms with Crippen molar-refractivity contribution in [2.75, 3.05) is 24.2 Å². The van der Waals surface area contributed by atoms with E-state index in [1.54, 1.807) is 6.07 Å². The second kappa shape index (κ2) is 7.16. The van der Waals surface area contributed by atoms with E-state index in [9.17, 15) is 4.79 Å². The number of hydrogen-bond donors (Lipinski definition) is 1. The maximum atomic E-state index is 12.1. The summed E-state index contributed by atoms with van der Waals surface area (Å²) in [6, 6.07) is 5.87. The van der Waals surface area contributed by atoms with E-state index in [0.717, 1.165) is 16.8 Å². The highest BCUT2D eigenvalue weighted by Gasteiger charge is 2.26. The maximum Gasteiger partial charge on any atom is 0.238 e. The largest absolute Gasteiger partial charge is 0.324 e. The highest BCUT2D eigenvalue weighted by molar-refractivity contribution is 9.10. The lowest BCUT2D eigenvalue weighted by Crippen LogP contribution is -2.47. The van der Waals surface area contributed by atoms with Crippen molar-refractivity contribution in [1.29, 1.82) is 0 Å². The summed E-state index contributed by atoms with van der Waals surface area (Å²) >= 11 is 11.4. The van der Waals surface area contributed by atoms with Gasteiger partial charge in [0.05, 0.1) is 17.3 Å². The zero-order valence-electron chi connectivity index (χ0n) is 11.5. The monoisotopic (exact) mass is 376 g/mol. The summed E-state index contributed by atoms with van der Waals surface area (Å²) in [5.41, 5.74) is 0.659. The molecule has 1 fully saturated rings. The lowest BCUT2D eigenvalue weighted by molar-refractivity contribution is -0.117. The third-order valence-electron chi connectivity index (χ3n) is 3.57. The lowest BCUT2D eigenvalue weighted by atomic mass is 10.2. The van der Waals surface area contributed by atoms with Crippen LogP contribution in [0.25, 0.3) is 0 Å². The van der Waals surface area contributed by atoms with Crippen molar-refractivity contribution in [2.45, 2.75) is 25.1 Å². The Kier molecular flexibility index (Phi) is 5.78. The molecule has 0 radical (unpaired) electrons. The molecule has 1 aliphatic rings. The Morgan fingerprint density at radius 1 is 1.55 bits per heavy atom. The van der Waals surface area contributed by atoms with Crippen molar-refractivity contribution in [3.63, 3.8) is 0 Å². The molecule has 1 heterocycles. The molecule has 2 rings (SSSR count). The summed E-state index contributed by atoms with van der Waals surface area (Å²) in [7, 11) is 0. The summed E-state index contributed by atoms with van der Waals surface area (Å²) in [4.78, 5) is 14.4. The molecule has 1 saturated heterocycles. The van der Waals surface area contributed by atoms with Crippen molar-refractivity contribution in [3.05, 3.63) is 27.7 Å². The van der Waals surface area contributed by atoms with Gasteiger partial charge in [0, 0.05) is 28.1 Å². The number of rotatable bonds is 3. The number of carbonyl (C=O) groups is 1. The van der Waals surface area contributed by atoms with E-state index in [2.05, 4.69) is 40.0 Å². The van der Waals surface area contributed by atoms with E-state index in [1.807, 2.05) is 23.9 Å². The Morgan fingerprint density at radius 2 is 2.30 bits per heavy atom. The second-order valence-corrected chi connectivity index (χ2v) is 7.77. The summed E-state index contributed by atoms with van der Waals surface area (Å²) in [5.74, 6) is 1.07. The molecule has 3 nitrogen and oxygen atoms in total. The second-order valence-electron chi connectivity index (χ2n) is 4.96. The Morgan fingerprint density at radius 3 is 3.00 bits per heavy atom. The highest BCUT2D eigenvalue weighted by Crippen LogP contribution is 2.26. The standard InChI is InChI=1S/C14H18BrClN2OS/c1-9-10(2)20-6-5-18(9)8-14(19)17-13-4-3-11(15)7-12(13)16/h3-4,7,9-10H,5-6,8H2,1-2H3,(H,17,19). The molecule has 0 spiro atoms. The predicted molar refractivity (Wildman–Crippen MR) is 90.7 cm³/mol. The van der Waals surface area contributed by atoms with E-state index in [1.165, 1.54) is 0 Å².